The largest absolute Gasteiger partial charge is 0.484 e. The zero-order chi connectivity index (χ0) is 20.3. The van der Waals surface area contributed by atoms with Crippen LogP contribution in [0.4, 0.5) is 0 Å². The van der Waals surface area contributed by atoms with Gasteiger partial charge in [-0.2, -0.15) is 0 Å². The Labute approximate surface area is 171 Å². The molecule has 1 aliphatic heterocycles. The fourth-order valence-electron chi connectivity index (χ4n) is 3.26. The maximum absolute atomic E-state index is 12.9. The van der Waals surface area contributed by atoms with E-state index in [1.807, 2.05) is 44.2 Å². The molecule has 1 unspecified atom stereocenters. The molecule has 1 aliphatic rings. The standard InChI is InChI=1S/C21H24ClNO4S/c1-15-3-8-20(11-16(15)2)27-13-21(24)23(19-9-10-28(25,26)14-19)12-17-4-6-18(22)7-5-17/h3-8,11,19H,9-10,12-14H2,1-2H3. The number of nitrogens with zero attached hydrogens (tertiary/aromatic N) is 1. The van der Waals surface area contributed by atoms with Crippen molar-refractivity contribution in [2.45, 2.75) is 32.9 Å². The van der Waals surface area contributed by atoms with Gasteiger partial charge >= 0.3 is 0 Å². The van der Waals surface area contributed by atoms with Gasteiger partial charge in [-0.1, -0.05) is 29.8 Å². The number of aryl methyl sites for hydroxylation is 2. The first-order valence-electron chi connectivity index (χ1n) is 9.18. The van der Waals surface area contributed by atoms with Crippen molar-refractivity contribution < 1.29 is 17.9 Å². The maximum atomic E-state index is 12.9. The number of sulfone groups is 1. The van der Waals surface area contributed by atoms with Crippen LogP contribution < -0.4 is 4.74 Å². The van der Waals surface area contributed by atoms with Crippen molar-refractivity contribution >= 4 is 27.3 Å². The molecule has 0 saturated carbocycles. The first kappa shape index (κ1) is 20.7. The Kier molecular flexibility index (Phi) is 6.30. The van der Waals surface area contributed by atoms with Gasteiger partial charge in [-0.3, -0.25) is 4.79 Å². The SMILES string of the molecule is Cc1ccc(OCC(=O)N(Cc2ccc(Cl)cc2)C2CCS(=O)(=O)C2)cc1C. The van der Waals surface area contributed by atoms with Crippen LogP contribution in [0.2, 0.25) is 5.02 Å². The van der Waals surface area contributed by atoms with Gasteiger partial charge in [0.2, 0.25) is 0 Å². The number of amides is 1. The highest BCUT2D eigenvalue weighted by atomic mass is 35.5. The molecule has 1 saturated heterocycles. The average Bonchev–Trinajstić information content (AvgIpc) is 3.01. The van der Waals surface area contributed by atoms with Gasteiger partial charge < -0.3 is 9.64 Å². The number of carbonyl (C=O) groups excluding carboxylic acids is 1. The minimum Gasteiger partial charge on any atom is -0.484 e. The molecule has 28 heavy (non-hydrogen) atoms. The van der Waals surface area contributed by atoms with E-state index in [1.165, 1.54) is 0 Å². The second kappa shape index (κ2) is 8.53. The van der Waals surface area contributed by atoms with Gasteiger partial charge in [-0.25, -0.2) is 8.42 Å². The summed E-state index contributed by atoms with van der Waals surface area (Å²) in [6.07, 6.45) is 0.450. The molecule has 3 rings (SSSR count). The number of hydrogen-bond acceptors (Lipinski definition) is 4. The highest BCUT2D eigenvalue weighted by Gasteiger charge is 2.34. The summed E-state index contributed by atoms with van der Waals surface area (Å²) in [5.74, 6) is 0.507. The number of rotatable bonds is 6. The van der Waals surface area contributed by atoms with E-state index in [4.69, 9.17) is 16.3 Å². The summed E-state index contributed by atoms with van der Waals surface area (Å²) >= 11 is 5.94. The highest BCUT2D eigenvalue weighted by Crippen LogP contribution is 2.22. The lowest BCUT2D eigenvalue weighted by atomic mass is 10.1. The molecule has 0 bridgehead atoms. The van der Waals surface area contributed by atoms with E-state index in [-0.39, 0.29) is 30.1 Å². The van der Waals surface area contributed by atoms with E-state index in [2.05, 4.69) is 0 Å². The van der Waals surface area contributed by atoms with Gasteiger partial charge in [0, 0.05) is 17.6 Å². The normalized spacial score (nSPS) is 18.0. The zero-order valence-corrected chi connectivity index (χ0v) is 17.6. The fourth-order valence-corrected chi connectivity index (χ4v) is 5.12. The predicted octanol–water partition coefficient (Wildman–Crippen LogP) is 3.55. The molecule has 150 valence electrons. The van der Waals surface area contributed by atoms with Crippen molar-refractivity contribution in [1.82, 2.24) is 4.90 Å². The fraction of sp³-hybridized carbons (Fsp3) is 0.381. The number of hydrogen-bond donors (Lipinski definition) is 0. The molecule has 1 heterocycles. The summed E-state index contributed by atoms with van der Waals surface area (Å²) < 4.78 is 29.5. The summed E-state index contributed by atoms with van der Waals surface area (Å²) in [7, 11) is -3.11. The van der Waals surface area contributed by atoms with Crippen molar-refractivity contribution in [2.24, 2.45) is 0 Å². The number of halogens is 1. The Balaban J connectivity index is 1.73. The van der Waals surface area contributed by atoms with E-state index in [9.17, 15) is 13.2 Å². The second-order valence-corrected chi connectivity index (χ2v) is 9.90. The third kappa shape index (κ3) is 5.26. The van der Waals surface area contributed by atoms with E-state index in [0.717, 1.165) is 16.7 Å². The third-order valence-corrected chi connectivity index (χ3v) is 7.08. The molecule has 2 aromatic rings. The summed E-state index contributed by atoms with van der Waals surface area (Å²) in [5.41, 5.74) is 3.14. The van der Waals surface area contributed by atoms with Gasteiger partial charge in [-0.05, 0) is 61.2 Å². The van der Waals surface area contributed by atoms with Gasteiger partial charge in [-0.15, -0.1) is 0 Å². The Morgan fingerprint density at radius 2 is 1.86 bits per heavy atom. The molecule has 0 N–H and O–H groups in total. The molecule has 0 spiro atoms. The van der Waals surface area contributed by atoms with E-state index in [1.54, 1.807) is 17.0 Å². The van der Waals surface area contributed by atoms with Crippen LogP contribution in [-0.2, 0) is 21.2 Å². The van der Waals surface area contributed by atoms with E-state index in [0.29, 0.717) is 23.7 Å². The van der Waals surface area contributed by atoms with E-state index >= 15 is 0 Å². The Morgan fingerprint density at radius 3 is 2.46 bits per heavy atom. The minimum absolute atomic E-state index is 0.00400. The topological polar surface area (TPSA) is 63.7 Å². The van der Waals surface area contributed by atoms with Crippen LogP contribution in [0.3, 0.4) is 0 Å². The van der Waals surface area contributed by atoms with Crippen LogP contribution in [0.5, 0.6) is 5.75 Å². The Morgan fingerprint density at radius 1 is 1.14 bits per heavy atom. The average molecular weight is 422 g/mol. The third-order valence-electron chi connectivity index (χ3n) is 5.08. The molecular weight excluding hydrogens is 398 g/mol. The lowest BCUT2D eigenvalue weighted by molar-refractivity contribution is -0.136. The summed E-state index contributed by atoms with van der Waals surface area (Å²) in [6.45, 7) is 4.19. The van der Waals surface area contributed by atoms with Crippen molar-refractivity contribution in [3.05, 3.63) is 64.2 Å². The van der Waals surface area contributed by atoms with Gasteiger partial charge in [0.1, 0.15) is 5.75 Å². The van der Waals surface area contributed by atoms with Gasteiger partial charge in [0.05, 0.1) is 11.5 Å². The Hall–Kier alpha value is -2.05. The quantitative estimate of drug-likeness (QED) is 0.715. The van der Waals surface area contributed by atoms with Crippen molar-refractivity contribution in [1.29, 1.82) is 0 Å². The van der Waals surface area contributed by atoms with Gasteiger partial charge in [0.25, 0.3) is 5.91 Å². The summed E-state index contributed by atoms with van der Waals surface area (Å²) in [5, 5.41) is 0.614. The number of carbonyl (C=O) groups is 1. The van der Waals surface area contributed by atoms with Crippen LogP contribution in [0, 0.1) is 13.8 Å². The smallest absolute Gasteiger partial charge is 0.261 e. The van der Waals surface area contributed by atoms with Crippen molar-refractivity contribution in [2.75, 3.05) is 18.1 Å². The van der Waals surface area contributed by atoms with Crippen molar-refractivity contribution in [3.8, 4) is 5.75 Å². The molecule has 0 aromatic heterocycles. The Bertz CT molecular complexity index is 957. The molecule has 1 atom stereocenters. The zero-order valence-electron chi connectivity index (χ0n) is 16.0. The molecule has 5 nitrogen and oxygen atoms in total. The minimum atomic E-state index is -3.11. The lowest BCUT2D eigenvalue weighted by Crippen LogP contribution is -2.43. The molecule has 0 aliphatic carbocycles. The lowest BCUT2D eigenvalue weighted by Gasteiger charge is -2.28. The van der Waals surface area contributed by atoms with Crippen LogP contribution in [0.15, 0.2) is 42.5 Å². The van der Waals surface area contributed by atoms with Crippen LogP contribution in [0.25, 0.3) is 0 Å². The number of benzene rings is 2. The number of ether oxygens (including phenoxy) is 1. The highest BCUT2D eigenvalue weighted by molar-refractivity contribution is 7.91. The van der Waals surface area contributed by atoms with Crippen LogP contribution in [0.1, 0.15) is 23.1 Å². The molecule has 0 radical (unpaired) electrons. The van der Waals surface area contributed by atoms with E-state index < -0.39 is 9.84 Å². The maximum Gasteiger partial charge on any atom is 0.261 e. The first-order valence-corrected chi connectivity index (χ1v) is 11.4. The predicted molar refractivity (Wildman–Crippen MR) is 110 cm³/mol. The van der Waals surface area contributed by atoms with Crippen LogP contribution in [-0.4, -0.2) is 43.4 Å². The van der Waals surface area contributed by atoms with Crippen LogP contribution >= 0.6 is 11.6 Å². The molecule has 7 heteroatoms. The van der Waals surface area contributed by atoms with Crippen molar-refractivity contribution in [3.63, 3.8) is 0 Å². The monoisotopic (exact) mass is 421 g/mol. The summed E-state index contributed by atoms with van der Waals surface area (Å²) in [6, 6.07) is 12.5. The summed E-state index contributed by atoms with van der Waals surface area (Å²) in [4.78, 5) is 14.5. The first-order chi connectivity index (χ1) is 13.2. The molecule has 2 aromatic carbocycles. The molecule has 1 amide bonds. The molecule has 1 fully saturated rings. The molecular formula is C21H24ClNO4S. The second-order valence-electron chi connectivity index (χ2n) is 7.24. The van der Waals surface area contributed by atoms with Gasteiger partial charge in [0.15, 0.2) is 16.4 Å².